The summed E-state index contributed by atoms with van der Waals surface area (Å²) in [5.41, 5.74) is 4.24. The fourth-order valence-corrected chi connectivity index (χ4v) is 4.67. The number of fused-ring (bicyclic) bond motifs is 2. The zero-order valence-corrected chi connectivity index (χ0v) is 15.2. The summed E-state index contributed by atoms with van der Waals surface area (Å²) in [6.07, 6.45) is 4.53. The Bertz CT molecular complexity index is 933. The lowest BCUT2D eigenvalue weighted by atomic mass is 10.0. The maximum atomic E-state index is 4.49. The Labute approximate surface area is 153 Å². The van der Waals surface area contributed by atoms with Gasteiger partial charge in [-0.2, -0.15) is 5.10 Å². The molecule has 3 aromatic rings. The number of aromatic nitrogens is 4. The van der Waals surface area contributed by atoms with Crippen molar-refractivity contribution in [1.82, 2.24) is 25.3 Å². The number of aryl methyl sites for hydroxylation is 2. The van der Waals surface area contributed by atoms with Crippen LogP contribution in [-0.4, -0.2) is 39.1 Å². The molecule has 1 saturated heterocycles. The molecule has 2 fully saturated rings. The fourth-order valence-electron chi connectivity index (χ4n) is 4.67. The summed E-state index contributed by atoms with van der Waals surface area (Å²) in [7, 11) is 1.95. The topological polar surface area (TPSA) is 67.7 Å². The minimum Gasteiger partial charge on any atom is -0.366 e. The van der Waals surface area contributed by atoms with Crippen LogP contribution < -0.4 is 10.6 Å². The van der Waals surface area contributed by atoms with Crippen molar-refractivity contribution in [1.29, 1.82) is 0 Å². The minimum atomic E-state index is 0.528. The van der Waals surface area contributed by atoms with Gasteiger partial charge < -0.3 is 10.6 Å². The second-order valence-corrected chi connectivity index (χ2v) is 7.77. The van der Waals surface area contributed by atoms with Crippen LogP contribution in [0.25, 0.3) is 22.2 Å². The van der Waals surface area contributed by atoms with Crippen molar-refractivity contribution in [2.45, 2.75) is 25.8 Å². The van der Waals surface area contributed by atoms with Crippen molar-refractivity contribution in [3.63, 3.8) is 0 Å². The third-order valence-electron chi connectivity index (χ3n) is 6.02. The van der Waals surface area contributed by atoms with E-state index in [0.29, 0.717) is 6.04 Å². The normalized spacial score (nSPS) is 24.9. The molecule has 0 amide bonds. The molecule has 0 spiro atoms. The standard InChI is InChI=1S/C20H24N6/c1-12-16(3-4-19-17(12)11-26(2)25-19)18-5-6-20(24-23-18)22-15-7-13-9-21-10-14(13)8-15/h3-6,11,13-15,21H,7-10H2,1-2H3,(H,22,24)/t13-,14?,15?/m1/s1. The molecule has 0 radical (unpaired) electrons. The van der Waals surface area contributed by atoms with Crippen LogP contribution in [0.5, 0.6) is 0 Å². The molecular formula is C20H24N6. The molecule has 5 rings (SSSR count). The van der Waals surface area contributed by atoms with Crippen LogP contribution in [0.4, 0.5) is 5.82 Å². The molecular weight excluding hydrogens is 324 g/mol. The van der Waals surface area contributed by atoms with Gasteiger partial charge in [0.05, 0.1) is 11.2 Å². The van der Waals surface area contributed by atoms with Crippen molar-refractivity contribution in [2.24, 2.45) is 18.9 Å². The zero-order chi connectivity index (χ0) is 17.7. The van der Waals surface area contributed by atoms with Gasteiger partial charge in [-0.05, 0) is 68.5 Å². The lowest BCUT2D eigenvalue weighted by molar-refractivity contribution is 0.494. The zero-order valence-electron chi connectivity index (χ0n) is 15.2. The number of hydrogen-bond acceptors (Lipinski definition) is 5. The summed E-state index contributed by atoms with van der Waals surface area (Å²) >= 11 is 0. The third-order valence-corrected chi connectivity index (χ3v) is 6.02. The predicted molar refractivity (Wildman–Crippen MR) is 103 cm³/mol. The summed E-state index contributed by atoms with van der Waals surface area (Å²) in [6, 6.07) is 8.79. The third kappa shape index (κ3) is 2.65. The molecule has 1 saturated carbocycles. The highest BCUT2D eigenvalue weighted by molar-refractivity contribution is 5.88. The van der Waals surface area contributed by atoms with Crippen molar-refractivity contribution in [3.05, 3.63) is 36.0 Å². The summed E-state index contributed by atoms with van der Waals surface area (Å²) in [5, 5.41) is 21.6. The van der Waals surface area contributed by atoms with Gasteiger partial charge in [-0.15, -0.1) is 10.2 Å². The summed E-state index contributed by atoms with van der Waals surface area (Å²) in [4.78, 5) is 0. The molecule has 2 N–H and O–H groups in total. The summed E-state index contributed by atoms with van der Waals surface area (Å²) in [5.74, 6) is 2.54. The monoisotopic (exact) mass is 348 g/mol. The first-order chi connectivity index (χ1) is 12.7. The largest absolute Gasteiger partial charge is 0.366 e. The van der Waals surface area contributed by atoms with Gasteiger partial charge in [0.15, 0.2) is 0 Å². The molecule has 6 heteroatoms. The van der Waals surface area contributed by atoms with Crippen LogP contribution in [0.2, 0.25) is 0 Å². The van der Waals surface area contributed by atoms with Crippen molar-refractivity contribution in [2.75, 3.05) is 18.4 Å². The molecule has 1 aliphatic heterocycles. The molecule has 0 bridgehead atoms. The summed E-state index contributed by atoms with van der Waals surface area (Å²) < 4.78 is 1.85. The smallest absolute Gasteiger partial charge is 0.148 e. The molecule has 2 aromatic heterocycles. The van der Waals surface area contributed by atoms with E-state index in [1.54, 1.807) is 0 Å². The number of rotatable bonds is 3. The van der Waals surface area contributed by atoms with Gasteiger partial charge in [0.2, 0.25) is 0 Å². The van der Waals surface area contributed by atoms with E-state index in [0.717, 1.165) is 34.4 Å². The van der Waals surface area contributed by atoms with E-state index < -0.39 is 0 Å². The quantitative estimate of drug-likeness (QED) is 0.762. The molecule has 2 aliphatic rings. The van der Waals surface area contributed by atoms with Gasteiger partial charge in [-0.3, -0.25) is 4.68 Å². The van der Waals surface area contributed by atoms with E-state index in [2.05, 4.69) is 63.3 Å². The molecule has 3 heterocycles. The Hall–Kier alpha value is -2.47. The second-order valence-electron chi connectivity index (χ2n) is 7.77. The van der Waals surface area contributed by atoms with E-state index >= 15 is 0 Å². The fraction of sp³-hybridized carbons (Fsp3) is 0.450. The van der Waals surface area contributed by atoms with Gasteiger partial charge in [0, 0.05) is 30.2 Å². The van der Waals surface area contributed by atoms with E-state index in [9.17, 15) is 0 Å². The highest BCUT2D eigenvalue weighted by atomic mass is 15.2. The van der Waals surface area contributed by atoms with Crippen LogP contribution >= 0.6 is 0 Å². The maximum absolute atomic E-state index is 4.49. The van der Waals surface area contributed by atoms with Crippen LogP contribution in [0.1, 0.15) is 18.4 Å². The number of anilines is 1. The minimum absolute atomic E-state index is 0.528. The average Bonchev–Trinajstić information content (AvgIpc) is 3.30. The Morgan fingerprint density at radius 3 is 2.62 bits per heavy atom. The first-order valence-corrected chi connectivity index (χ1v) is 9.41. The van der Waals surface area contributed by atoms with Gasteiger partial charge >= 0.3 is 0 Å². The number of benzene rings is 1. The van der Waals surface area contributed by atoms with Gasteiger partial charge in [-0.25, -0.2) is 0 Å². The Kier molecular flexibility index (Phi) is 3.67. The lowest BCUT2D eigenvalue weighted by Gasteiger charge is -2.14. The van der Waals surface area contributed by atoms with Crippen LogP contribution in [-0.2, 0) is 7.05 Å². The summed E-state index contributed by atoms with van der Waals surface area (Å²) in [6.45, 7) is 4.46. The van der Waals surface area contributed by atoms with Gasteiger partial charge in [-0.1, -0.05) is 6.07 Å². The first-order valence-electron chi connectivity index (χ1n) is 9.41. The molecule has 2 unspecified atom stereocenters. The van der Waals surface area contributed by atoms with Crippen molar-refractivity contribution in [3.8, 4) is 11.3 Å². The molecule has 1 aromatic carbocycles. The first kappa shape index (κ1) is 15.8. The van der Waals surface area contributed by atoms with Gasteiger partial charge in [0.25, 0.3) is 0 Å². The highest BCUT2D eigenvalue weighted by Crippen LogP contribution is 2.35. The van der Waals surface area contributed by atoms with Crippen molar-refractivity contribution < 1.29 is 0 Å². The molecule has 1 aliphatic carbocycles. The number of hydrogen-bond donors (Lipinski definition) is 2. The molecule has 134 valence electrons. The number of nitrogens with one attached hydrogen (secondary N) is 2. The number of nitrogens with zero attached hydrogens (tertiary/aromatic N) is 4. The second kappa shape index (κ2) is 6.06. The van der Waals surface area contributed by atoms with E-state index in [1.165, 1.54) is 36.9 Å². The van der Waals surface area contributed by atoms with Gasteiger partial charge in [0.1, 0.15) is 5.82 Å². The molecule has 26 heavy (non-hydrogen) atoms. The highest BCUT2D eigenvalue weighted by Gasteiger charge is 2.37. The van der Waals surface area contributed by atoms with Crippen molar-refractivity contribution >= 4 is 16.7 Å². The van der Waals surface area contributed by atoms with Crippen LogP contribution in [0, 0.1) is 18.8 Å². The van der Waals surface area contributed by atoms with E-state index in [4.69, 9.17) is 0 Å². The van der Waals surface area contributed by atoms with Crippen LogP contribution in [0.3, 0.4) is 0 Å². The Balaban J connectivity index is 1.36. The van der Waals surface area contributed by atoms with E-state index in [-0.39, 0.29) is 0 Å². The average molecular weight is 348 g/mol. The van der Waals surface area contributed by atoms with E-state index in [1.807, 2.05) is 11.7 Å². The predicted octanol–water partition coefficient (Wildman–Crippen LogP) is 2.75. The maximum Gasteiger partial charge on any atom is 0.148 e. The SMILES string of the molecule is Cc1c(-c2ccc(NC3CC4CNC[C@H]4C3)nn2)ccc2nn(C)cc12. The van der Waals surface area contributed by atoms with Crippen LogP contribution in [0.15, 0.2) is 30.5 Å². The lowest BCUT2D eigenvalue weighted by Crippen LogP contribution is -2.21. The Morgan fingerprint density at radius 1 is 1.08 bits per heavy atom. The Morgan fingerprint density at radius 2 is 1.88 bits per heavy atom. The molecule has 3 atom stereocenters. The molecule has 6 nitrogen and oxygen atoms in total.